The van der Waals surface area contributed by atoms with Gasteiger partial charge < -0.3 is 30.3 Å². The molecular formula is C20H25ClN4O6S. The van der Waals surface area contributed by atoms with Gasteiger partial charge in [-0.1, -0.05) is 23.7 Å². The summed E-state index contributed by atoms with van der Waals surface area (Å²) in [6.45, 7) is 3.78. The first-order valence-corrected chi connectivity index (χ1v) is 11.5. The quantitative estimate of drug-likeness (QED) is 0.256. The highest BCUT2D eigenvalue weighted by Gasteiger charge is 2.50. The maximum atomic E-state index is 13.0. The van der Waals surface area contributed by atoms with Gasteiger partial charge in [0.25, 0.3) is 11.8 Å². The average molecular weight is 485 g/mol. The Morgan fingerprint density at radius 2 is 1.88 bits per heavy atom. The van der Waals surface area contributed by atoms with Crippen molar-refractivity contribution >= 4 is 52.7 Å². The fourth-order valence-corrected chi connectivity index (χ4v) is 4.60. The lowest BCUT2D eigenvalue weighted by Gasteiger charge is -2.37. The van der Waals surface area contributed by atoms with Crippen LogP contribution in [0.5, 0.6) is 0 Å². The van der Waals surface area contributed by atoms with Crippen LogP contribution in [0, 0.1) is 0 Å². The Hall–Kier alpha value is -2.50. The maximum Gasteiger partial charge on any atom is 0.336 e. The monoisotopic (exact) mass is 484 g/mol. The molecule has 2 heterocycles. The molecule has 2 saturated heterocycles. The summed E-state index contributed by atoms with van der Waals surface area (Å²) in [6.07, 6.45) is -2.07. The highest BCUT2D eigenvalue weighted by atomic mass is 35.5. The summed E-state index contributed by atoms with van der Waals surface area (Å²) < 4.78 is 4.79. The minimum Gasteiger partial charge on any atom is -0.479 e. The van der Waals surface area contributed by atoms with Crippen molar-refractivity contribution in [3.8, 4) is 0 Å². The number of anilines is 1. The van der Waals surface area contributed by atoms with Crippen LogP contribution in [-0.4, -0.2) is 89.8 Å². The van der Waals surface area contributed by atoms with Crippen LogP contribution in [0.2, 0.25) is 5.02 Å². The van der Waals surface area contributed by atoms with Gasteiger partial charge in [-0.3, -0.25) is 14.4 Å². The number of ether oxygens (including phenoxy) is 1. The number of nitrogens with one attached hydrogen (secondary N) is 2. The van der Waals surface area contributed by atoms with Gasteiger partial charge >= 0.3 is 5.97 Å². The summed E-state index contributed by atoms with van der Waals surface area (Å²) in [5, 5.41) is 13.9. The third-order valence-electron chi connectivity index (χ3n) is 5.02. The molecule has 3 rings (SSSR count). The molecule has 0 bridgehead atoms. The highest BCUT2D eigenvalue weighted by Crippen LogP contribution is 2.26. The largest absolute Gasteiger partial charge is 0.479 e. The molecule has 0 saturated carbocycles. The molecule has 3 N–H and O–H groups in total. The van der Waals surface area contributed by atoms with Gasteiger partial charge in [0, 0.05) is 45.4 Å². The number of nitrogens with zero attached hydrogens (tertiary/aromatic N) is 2. The van der Waals surface area contributed by atoms with Gasteiger partial charge in [-0.25, -0.2) is 4.79 Å². The van der Waals surface area contributed by atoms with Crippen molar-refractivity contribution < 1.29 is 29.0 Å². The van der Waals surface area contributed by atoms with Crippen molar-refractivity contribution in [3.63, 3.8) is 0 Å². The Bertz CT molecular complexity index is 879. The second kappa shape index (κ2) is 10.9. The summed E-state index contributed by atoms with van der Waals surface area (Å²) in [4.78, 5) is 51.0. The second-order valence-electron chi connectivity index (χ2n) is 7.32. The van der Waals surface area contributed by atoms with E-state index in [1.165, 1.54) is 18.7 Å². The van der Waals surface area contributed by atoms with Gasteiger partial charge in [-0.2, -0.15) is 0 Å². The number of amides is 3. The number of thioether (sulfide) groups is 1. The molecule has 2 aliphatic heterocycles. The molecule has 2 fully saturated rings. The summed E-state index contributed by atoms with van der Waals surface area (Å²) in [5.74, 6) is -1.86. The number of carboxylic acid groups (broad SMARTS) is 1. The SMILES string of the molecule is CC(=O)N[C@@H](SCCNC(=O)[C@H]1O[C@@H]1C(=O)O)C(=O)N1CCN(c2ccccc2Cl)CC1. The van der Waals surface area contributed by atoms with Crippen molar-refractivity contribution in [1.82, 2.24) is 15.5 Å². The summed E-state index contributed by atoms with van der Waals surface area (Å²) in [7, 11) is 0. The molecule has 1 aromatic carbocycles. The summed E-state index contributed by atoms with van der Waals surface area (Å²) in [5.41, 5.74) is 0.926. The number of rotatable bonds is 9. The Morgan fingerprint density at radius 1 is 1.19 bits per heavy atom. The molecule has 3 atom stereocenters. The van der Waals surface area contributed by atoms with Crippen LogP contribution in [-0.2, 0) is 23.9 Å². The molecule has 32 heavy (non-hydrogen) atoms. The van der Waals surface area contributed by atoms with E-state index in [0.717, 1.165) is 5.69 Å². The van der Waals surface area contributed by atoms with E-state index in [4.69, 9.17) is 21.4 Å². The Balaban J connectivity index is 1.46. The topological polar surface area (TPSA) is 132 Å². The van der Waals surface area contributed by atoms with Crippen molar-refractivity contribution in [2.24, 2.45) is 0 Å². The average Bonchev–Trinajstić information content (AvgIpc) is 3.57. The number of aliphatic carboxylic acids is 1. The molecule has 0 spiro atoms. The number of benzene rings is 1. The van der Waals surface area contributed by atoms with E-state index < -0.39 is 29.5 Å². The van der Waals surface area contributed by atoms with Gasteiger partial charge in [0.1, 0.15) is 0 Å². The van der Waals surface area contributed by atoms with Gasteiger partial charge in [-0.15, -0.1) is 11.8 Å². The first kappa shape index (κ1) is 24.1. The molecule has 0 aliphatic carbocycles. The number of piperazine rings is 1. The van der Waals surface area contributed by atoms with E-state index in [0.29, 0.717) is 37.0 Å². The third-order valence-corrected chi connectivity index (χ3v) is 6.43. The summed E-state index contributed by atoms with van der Waals surface area (Å²) in [6, 6.07) is 7.55. The van der Waals surface area contributed by atoms with Crippen molar-refractivity contribution in [3.05, 3.63) is 29.3 Å². The third kappa shape index (κ3) is 6.27. The van der Waals surface area contributed by atoms with Gasteiger partial charge in [0.2, 0.25) is 5.91 Å². The van der Waals surface area contributed by atoms with E-state index in [9.17, 15) is 19.2 Å². The summed E-state index contributed by atoms with van der Waals surface area (Å²) >= 11 is 7.47. The smallest absolute Gasteiger partial charge is 0.336 e. The Morgan fingerprint density at radius 3 is 2.47 bits per heavy atom. The molecule has 3 amide bonds. The molecule has 2 aliphatic rings. The van der Waals surface area contributed by atoms with Gasteiger partial charge in [0.15, 0.2) is 17.6 Å². The molecule has 0 unspecified atom stereocenters. The normalized spacial score (nSPS) is 20.9. The van der Waals surface area contributed by atoms with E-state index in [-0.39, 0.29) is 18.4 Å². The lowest BCUT2D eigenvalue weighted by atomic mass is 10.2. The number of hydrogen-bond donors (Lipinski definition) is 3. The Kier molecular flexibility index (Phi) is 8.21. The van der Waals surface area contributed by atoms with E-state index in [2.05, 4.69) is 15.5 Å². The predicted molar refractivity (Wildman–Crippen MR) is 120 cm³/mol. The van der Waals surface area contributed by atoms with Gasteiger partial charge in [0.05, 0.1) is 10.7 Å². The zero-order valence-electron chi connectivity index (χ0n) is 17.5. The van der Waals surface area contributed by atoms with E-state index in [1.807, 2.05) is 24.3 Å². The van der Waals surface area contributed by atoms with Crippen molar-refractivity contribution in [2.75, 3.05) is 43.4 Å². The molecule has 0 aromatic heterocycles. The van der Waals surface area contributed by atoms with Gasteiger partial charge in [-0.05, 0) is 12.1 Å². The minimum absolute atomic E-state index is 0.202. The van der Waals surface area contributed by atoms with Crippen molar-refractivity contribution in [1.29, 1.82) is 0 Å². The number of carboxylic acids is 1. The van der Waals surface area contributed by atoms with Crippen LogP contribution in [0.1, 0.15) is 6.92 Å². The molecule has 174 valence electrons. The predicted octanol–water partition coefficient (Wildman–Crippen LogP) is 0.152. The highest BCUT2D eigenvalue weighted by molar-refractivity contribution is 8.00. The second-order valence-corrected chi connectivity index (χ2v) is 8.94. The van der Waals surface area contributed by atoms with Crippen LogP contribution < -0.4 is 15.5 Å². The first-order chi connectivity index (χ1) is 15.3. The fraction of sp³-hybridized carbons (Fsp3) is 0.500. The van der Waals surface area contributed by atoms with Crippen LogP contribution in [0.15, 0.2) is 24.3 Å². The zero-order chi connectivity index (χ0) is 23.3. The number of hydrogen-bond acceptors (Lipinski definition) is 7. The van der Waals surface area contributed by atoms with Crippen LogP contribution in [0.4, 0.5) is 5.69 Å². The molecular weight excluding hydrogens is 460 g/mol. The van der Waals surface area contributed by atoms with Crippen molar-refractivity contribution in [2.45, 2.75) is 24.5 Å². The Labute approximate surface area is 194 Å². The molecule has 10 nitrogen and oxygen atoms in total. The van der Waals surface area contributed by atoms with Crippen LogP contribution >= 0.6 is 23.4 Å². The van der Waals surface area contributed by atoms with Crippen LogP contribution in [0.3, 0.4) is 0 Å². The number of halogens is 1. The van der Waals surface area contributed by atoms with Crippen LogP contribution in [0.25, 0.3) is 0 Å². The molecule has 1 aromatic rings. The van der Waals surface area contributed by atoms with E-state index >= 15 is 0 Å². The zero-order valence-corrected chi connectivity index (χ0v) is 19.0. The number of epoxide rings is 1. The molecule has 12 heteroatoms. The maximum absolute atomic E-state index is 13.0. The minimum atomic E-state index is -1.18. The lowest BCUT2D eigenvalue weighted by Crippen LogP contribution is -2.54. The molecule has 0 radical (unpaired) electrons. The lowest BCUT2D eigenvalue weighted by molar-refractivity contribution is -0.138. The number of para-hydroxylation sites is 1. The number of carbonyl (C=O) groups excluding carboxylic acids is 3. The number of carbonyl (C=O) groups is 4. The fourth-order valence-electron chi connectivity index (χ4n) is 3.35. The standard InChI is InChI=1S/C20H25ClN4O6S/c1-12(26)23-18(32-11-6-22-17(27)15-16(31-15)20(29)30)19(28)25-9-7-24(8-10-25)14-5-3-2-4-13(14)21/h2-5,15-16,18H,6-11H2,1H3,(H,22,27)(H,23,26)(H,29,30)/t15-,16-,18-/m0/s1. The van der Waals surface area contributed by atoms with E-state index in [1.54, 1.807) is 4.90 Å². The first-order valence-electron chi connectivity index (χ1n) is 10.1.